The van der Waals surface area contributed by atoms with Crippen LogP contribution in [-0.2, 0) is 0 Å². The fraction of sp³-hybridized carbons (Fsp3) is 1.00. The maximum Gasteiger partial charge on any atom is 0.0905 e. The summed E-state index contributed by atoms with van der Waals surface area (Å²) in [7, 11) is 0. The molecule has 3 saturated carbocycles. The van der Waals surface area contributed by atoms with E-state index in [2.05, 4.69) is 0 Å². The van der Waals surface area contributed by atoms with E-state index in [1.165, 1.54) is 19.3 Å². The smallest absolute Gasteiger partial charge is 0.0905 e. The lowest BCUT2D eigenvalue weighted by atomic mass is 9.81. The van der Waals surface area contributed by atoms with Crippen LogP contribution >= 0.6 is 0 Å². The molecule has 2 heteroatoms. The minimum atomic E-state index is -0.755. The predicted octanol–water partition coefficient (Wildman–Crippen LogP) is 2.23. The molecule has 1 atom stereocenters. The van der Waals surface area contributed by atoms with Crippen LogP contribution in [0.4, 0.5) is 0 Å². The van der Waals surface area contributed by atoms with Crippen molar-refractivity contribution in [2.24, 2.45) is 5.92 Å². The van der Waals surface area contributed by atoms with Gasteiger partial charge in [0.25, 0.3) is 0 Å². The molecule has 0 heterocycles. The maximum atomic E-state index is 10.3. The van der Waals surface area contributed by atoms with Crippen LogP contribution in [0.3, 0.4) is 0 Å². The van der Waals surface area contributed by atoms with Crippen molar-refractivity contribution in [2.75, 3.05) is 0 Å². The molecular formula is C12H22O2. The molecule has 0 aromatic rings. The largest absolute Gasteiger partial charge is 0.390 e. The third kappa shape index (κ3) is 2.12. The molecule has 3 rings (SSSR count). The molecule has 0 aliphatic heterocycles. The van der Waals surface area contributed by atoms with Crippen molar-refractivity contribution in [2.45, 2.75) is 69.5 Å². The fourth-order valence-corrected chi connectivity index (χ4v) is 3.15. The molecule has 3 aliphatic rings. The van der Waals surface area contributed by atoms with E-state index in [0.717, 1.165) is 44.4 Å². The van der Waals surface area contributed by atoms with Crippen molar-refractivity contribution in [1.29, 1.82) is 0 Å². The molecule has 1 unspecified atom stereocenters. The first-order valence-electron chi connectivity index (χ1n) is 6.11. The lowest BCUT2D eigenvalue weighted by Gasteiger charge is -2.34. The summed E-state index contributed by atoms with van der Waals surface area (Å²) in [6.45, 7) is 0. The second-order valence-corrected chi connectivity index (χ2v) is 5.20. The van der Waals surface area contributed by atoms with E-state index in [0.29, 0.717) is 0 Å². The van der Waals surface area contributed by atoms with Crippen LogP contribution in [0.5, 0.6) is 0 Å². The Hall–Kier alpha value is -0.0800. The van der Waals surface area contributed by atoms with Gasteiger partial charge in [0, 0.05) is 0 Å². The highest BCUT2D eigenvalue weighted by Crippen LogP contribution is 2.37. The molecule has 14 heavy (non-hydrogen) atoms. The highest BCUT2D eigenvalue weighted by Gasteiger charge is 2.37. The van der Waals surface area contributed by atoms with Gasteiger partial charge in [-0.05, 0) is 25.2 Å². The van der Waals surface area contributed by atoms with Crippen LogP contribution in [0.2, 0.25) is 0 Å². The van der Waals surface area contributed by atoms with E-state index in [1.54, 1.807) is 0 Å². The third-order valence-corrected chi connectivity index (χ3v) is 4.15. The Morgan fingerprint density at radius 1 is 0.857 bits per heavy atom. The van der Waals surface area contributed by atoms with E-state index in [9.17, 15) is 10.2 Å². The first-order valence-corrected chi connectivity index (χ1v) is 6.11. The number of fused-ring (bicyclic) bond motifs is 7. The number of aliphatic hydroxyl groups excluding tert-OH is 1. The third-order valence-electron chi connectivity index (χ3n) is 4.15. The van der Waals surface area contributed by atoms with Crippen LogP contribution < -0.4 is 0 Å². The van der Waals surface area contributed by atoms with E-state index >= 15 is 0 Å². The van der Waals surface area contributed by atoms with Crippen molar-refractivity contribution in [3.8, 4) is 0 Å². The van der Waals surface area contributed by atoms with Crippen molar-refractivity contribution in [3.05, 3.63) is 0 Å². The Balaban J connectivity index is 2.13. The molecule has 82 valence electrons. The van der Waals surface area contributed by atoms with Gasteiger partial charge in [-0.1, -0.05) is 38.5 Å². The van der Waals surface area contributed by atoms with Gasteiger partial charge in [-0.3, -0.25) is 0 Å². The molecule has 2 nitrogen and oxygen atoms in total. The number of aliphatic hydroxyl groups is 2. The molecule has 0 radical (unpaired) electrons. The molecule has 2 bridgehead atoms. The first kappa shape index (κ1) is 10.4. The molecule has 3 aliphatic carbocycles. The summed E-state index contributed by atoms with van der Waals surface area (Å²) in [4.78, 5) is 0. The monoisotopic (exact) mass is 198 g/mol. The summed E-state index contributed by atoms with van der Waals surface area (Å²) >= 11 is 0. The van der Waals surface area contributed by atoms with E-state index in [-0.39, 0.29) is 0 Å². The van der Waals surface area contributed by atoms with E-state index < -0.39 is 11.7 Å². The predicted molar refractivity (Wildman–Crippen MR) is 56.0 cm³/mol. The summed E-state index contributed by atoms with van der Waals surface area (Å²) in [6.07, 6.45) is 9.00. The van der Waals surface area contributed by atoms with Gasteiger partial charge in [-0.2, -0.15) is 0 Å². The van der Waals surface area contributed by atoms with Crippen molar-refractivity contribution in [3.63, 3.8) is 0 Å². The topological polar surface area (TPSA) is 40.5 Å². The molecule has 0 aromatic carbocycles. The van der Waals surface area contributed by atoms with E-state index in [4.69, 9.17) is 0 Å². The van der Waals surface area contributed by atoms with Crippen LogP contribution in [0.25, 0.3) is 0 Å². The van der Waals surface area contributed by atoms with Gasteiger partial charge < -0.3 is 10.2 Å². The molecular weight excluding hydrogens is 176 g/mol. The van der Waals surface area contributed by atoms with Gasteiger partial charge in [0.05, 0.1) is 11.7 Å². The lowest BCUT2D eigenvalue weighted by Crippen LogP contribution is -2.42. The van der Waals surface area contributed by atoms with Crippen molar-refractivity contribution >= 4 is 0 Å². The van der Waals surface area contributed by atoms with Crippen LogP contribution in [0, 0.1) is 5.92 Å². The second-order valence-electron chi connectivity index (χ2n) is 5.20. The van der Waals surface area contributed by atoms with Crippen LogP contribution in [-0.4, -0.2) is 21.9 Å². The summed E-state index contributed by atoms with van der Waals surface area (Å²) in [6, 6.07) is 0. The molecule has 0 saturated heterocycles. The highest BCUT2D eigenvalue weighted by molar-refractivity contribution is 4.89. The van der Waals surface area contributed by atoms with Gasteiger partial charge >= 0.3 is 0 Å². The quantitative estimate of drug-likeness (QED) is 0.626. The minimum Gasteiger partial charge on any atom is -0.390 e. The molecule has 0 spiro atoms. The summed E-state index contributed by atoms with van der Waals surface area (Å²) in [5, 5.41) is 20.3. The van der Waals surface area contributed by atoms with Gasteiger partial charge in [0.2, 0.25) is 0 Å². The van der Waals surface area contributed by atoms with Crippen LogP contribution in [0.15, 0.2) is 0 Å². The van der Waals surface area contributed by atoms with Gasteiger partial charge in [0.1, 0.15) is 0 Å². The Labute approximate surface area is 86.3 Å². The Morgan fingerprint density at radius 2 is 1.43 bits per heavy atom. The average Bonchev–Trinajstić information content (AvgIpc) is 2.21. The molecule has 0 amide bonds. The van der Waals surface area contributed by atoms with Crippen molar-refractivity contribution in [1.82, 2.24) is 0 Å². The number of hydrogen-bond acceptors (Lipinski definition) is 2. The minimum absolute atomic E-state index is 0.473. The zero-order chi connectivity index (χ0) is 10.0. The normalized spacial score (nSPS) is 45.0. The van der Waals surface area contributed by atoms with Crippen LogP contribution in [0.1, 0.15) is 57.8 Å². The van der Waals surface area contributed by atoms with Crippen molar-refractivity contribution < 1.29 is 10.2 Å². The number of rotatable bonds is 0. The highest BCUT2D eigenvalue weighted by atomic mass is 16.3. The lowest BCUT2D eigenvalue weighted by molar-refractivity contribution is -0.0915. The van der Waals surface area contributed by atoms with Gasteiger partial charge in [0.15, 0.2) is 0 Å². The number of hydrogen-bond donors (Lipinski definition) is 2. The average molecular weight is 198 g/mol. The van der Waals surface area contributed by atoms with Gasteiger partial charge in [-0.15, -0.1) is 0 Å². The molecule has 3 fully saturated rings. The summed E-state index contributed by atoms with van der Waals surface area (Å²) in [5.41, 5.74) is -0.755. The zero-order valence-corrected chi connectivity index (χ0v) is 8.91. The fourth-order valence-electron chi connectivity index (χ4n) is 3.15. The first-order chi connectivity index (χ1) is 6.71. The summed E-state index contributed by atoms with van der Waals surface area (Å²) in [5.74, 6) is 0.866. The molecule has 2 N–H and O–H groups in total. The van der Waals surface area contributed by atoms with E-state index in [1.807, 2.05) is 0 Å². The zero-order valence-electron chi connectivity index (χ0n) is 8.91. The SMILES string of the molecule is OC1CCCC2CCCC1(O)CCC2. The molecule has 0 aromatic heterocycles. The standard InChI is InChI=1S/C12H22O2/c13-11-7-1-4-10-5-2-8-12(11,14)9-3-6-10/h10-11,13-14H,1-9H2. The maximum absolute atomic E-state index is 10.3. The Kier molecular flexibility index (Phi) is 3.13. The Bertz CT molecular complexity index is 178. The summed E-state index contributed by atoms with van der Waals surface area (Å²) < 4.78 is 0. The Morgan fingerprint density at radius 3 is 2.07 bits per heavy atom. The second kappa shape index (κ2) is 4.19. The van der Waals surface area contributed by atoms with Gasteiger partial charge in [-0.25, -0.2) is 0 Å².